The number of piperidine rings is 3. The van der Waals surface area contributed by atoms with Gasteiger partial charge in [0.1, 0.15) is 5.75 Å². The first-order chi connectivity index (χ1) is 10.8. The van der Waals surface area contributed by atoms with Gasteiger partial charge in [-0.1, -0.05) is 29.8 Å². The number of rotatable bonds is 3. The number of benzene rings is 1. The molecule has 0 N–H and O–H groups in total. The minimum Gasteiger partial charge on any atom is -0.473 e. The molecule has 3 fully saturated rings. The number of pyridine rings is 1. The lowest BCUT2D eigenvalue weighted by Gasteiger charge is -2.44. The minimum atomic E-state index is 0.250. The van der Waals surface area contributed by atoms with Crippen molar-refractivity contribution in [2.45, 2.75) is 32.4 Å². The lowest BCUT2D eigenvalue weighted by atomic mass is 9.87. The van der Waals surface area contributed by atoms with Gasteiger partial charge >= 0.3 is 0 Å². The van der Waals surface area contributed by atoms with Gasteiger partial charge in [-0.2, -0.15) is 0 Å². The van der Waals surface area contributed by atoms with E-state index in [1.165, 1.54) is 37.9 Å². The van der Waals surface area contributed by atoms with Gasteiger partial charge in [0.15, 0.2) is 6.23 Å². The summed E-state index contributed by atoms with van der Waals surface area (Å²) in [7, 11) is 0. The molecule has 0 spiro atoms. The summed E-state index contributed by atoms with van der Waals surface area (Å²) in [6, 6.07) is 12.6. The zero-order valence-electron chi connectivity index (χ0n) is 13.0. The SMILES string of the molecule is Cc1ccc(-c2ccc(OC3CC4CCN3CC4)cn2)cc1. The molecule has 1 atom stereocenters. The van der Waals surface area contributed by atoms with E-state index in [0.717, 1.165) is 22.9 Å². The summed E-state index contributed by atoms with van der Waals surface area (Å²) in [5, 5.41) is 0. The van der Waals surface area contributed by atoms with E-state index in [4.69, 9.17) is 4.74 Å². The van der Waals surface area contributed by atoms with E-state index in [9.17, 15) is 0 Å². The molecule has 4 heterocycles. The molecule has 3 aliphatic rings. The largest absolute Gasteiger partial charge is 0.473 e. The molecular formula is C19H22N2O. The van der Waals surface area contributed by atoms with Gasteiger partial charge in [0.05, 0.1) is 11.9 Å². The molecule has 3 heteroatoms. The maximum Gasteiger partial charge on any atom is 0.153 e. The third-order valence-electron chi connectivity index (χ3n) is 4.95. The lowest BCUT2D eigenvalue weighted by molar-refractivity contribution is -0.0606. The van der Waals surface area contributed by atoms with Crippen LogP contribution in [0, 0.1) is 12.8 Å². The van der Waals surface area contributed by atoms with Gasteiger partial charge in [0, 0.05) is 25.1 Å². The van der Waals surface area contributed by atoms with Crippen molar-refractivity contribution in [3.8, 4) is 17.0 Å². The number of aromatic nitrogens is 1. The highest BCUT2D eigenvalue weighted by molar-refractivity contribution is 5.59. The van der Waals surface area contributed by atoms with Crippen LogP contribution in [-0.2, 0) is 0 Å². The highest BCUT2D eigenvalue weighted by atomic mass is 16.5. The highest BCUT2D eigenvalue weighted by Gasteiger charge is 2.34. The van der Waals surface area contributed by atoms with Crippen LogP contribution in [0.2, 0.25) is 0 Å². The number of hydrogen-bond acceptors (Lipinski definition) is 3. The van der Waals surface area contributed by atoms with Crippen LogP contribution in [0.15, 0.2) is 42.6 Å². The second-order valence-electron chi connectivity index (χ2n) is 6.53. The maximum atomic E-state index is 6.16. The summed E-state index contributed by atoms with van der Waals surface area (Å²) >= 11 is 0. The summed E-state index contributed by atoms with van der Waals surface area (Å²) in [6.45, 7) is 4.47. The van der Waals surface area contributed by atoms with Crippen LogP contribution in [0.5, 0.6) is 5.75 Å². The topological polar surface area (TPSA) is 25.4 Å². The number of nitrogens with zero attached hydrogens (tertiary/aromatic N) is 2. The molecule has 1 aromatic heterocycles. The van der Waals surface area contributed by atoms with Gasteiger partial charge in [0.25, 0.3) is 0 Å². The quantitative estimate of drug-likeness (QED) is 0.859. The molecule has 1 aromatic carbocycles. The van der Waals surface area contributed by atoms with Crippen LogP contribution in [0.25, 0.3) is 11.3 Å². The van der Waals surface area contributed by atoms with Crippen molar-refractivity contribution in [1.29, 1.82) is 0 Å². The van der Waals surface area contributed by atoms with Crippen LogP contribution in [-0.4, -0.2) is 29.2 Å². The summed E-state index contributed by atoms with van der Waals surface area (Å²) in [5.74, 6) is 1.74. The Morgan fingerprint density at radius 2 is 1.82 bits per heavy atom. The highest BCUT2D eigenvalue weighted by Crippen LogP contribution is 2.33. The lowest BCUT2D eigenvalue weighted by Crippen LogP contribution is -2.51. The standard InChI is InChI=1S/C19H22N2O/c1-14-2-4-16(5-3-14)18-7-6-17(13-20-18)22-19-12-15-8-10-21(19)11-9-15/h2-7,13,15,19H,8-12H2,1H3. The maximum absolute atomic E-state index is 6.16. The molecule has 3 saturated heterocycles. The van der Waals surface area contributed by atoms with Crippen molar-refractivity contribution >= 4 is 0 Å². The molecule has 0 saturated carbocycles. The zero-order valence-corrected chi connectivity index (χ0v) is 13.0. The van der Waals surface area contributed by atoms with Crippen LogP contribution in [0.3, 0.4) is 0 Å². The summed E-state index contributed by atoms with van der Waals surface area (Å²) < 4.78 is 6.16. The monoisotopic (exact) mass is 294 g/mol. The number of hydrogen-bond donors (Lipinski definition) is 0. The van der Waals surface area contributed by atoms with Crippen LogP contribution >= 0.6 is 0 Å². The van der Waals surface area contributed by atoms with Gasteiger partial charge in [-0.05, 0) is 37.8 Å². The molecule has 2 bridgehead atoms. The van der Waals surface area contributed by atoms with E-state index < -0.39 is 0 Å². The van der Waals surface area contributed by atoms with Crippen molar-refractivity contribution < 1.29 is 4.74 Å². The fourth-order valence-electron chi connectivity index (χ4n) is 3.54. The predicted molar refractivity (Wildman–Crippen MR) is 87.7 cm³/mol. The average Bonchev–Trinajstić information content (AvgIpc) is 2.58. The van der Waals surface area contributed by atoms with Gasteiger partial charge in [0.2, 0.25) is 0 Å². The zero-order chi connectivity index (χ0) is 14.9. The van der Waals surface area contributed by atoms with E-state index in [1.807, 2.05) is 12.3 Å². The van der Waals surface area contributed by atoms with Gasteiger partial charge in [-0.25, -0.2) is 0 Å². The molecular weight excluding hydrogens is 272 g/mol. The second kappa shape index (κ2) is 5.73. The van der Waals surface area contributed by atoms with Crippen LogP contribution in [0.4, 0.5) is 0 Å². The van der Waals surface area contributed by atoms with Gasteiger partial charge < -0.3 is 4.74 Å². The van der Waals surface area contributed by atoms with E-state index in [-0.39, 0.29) is 6.23 Å². The van der Waals surface area contributed by atoms with Crippen LogP contribution < -0.4 is 4.74 Å². The molecule has 0 aliphatic carbocycles. The van der Waals surface area contributed by atoms with E-state index >= 15 is 0 Å². The fraction of sp³-hybridized carbons (Fsp3) is 0.421. The second-order valence-corrected chi connectivity index (χ2v) is 6.53. The first-order valence-corrected chi connectivity index (χ1v) is 8.22. The Balaban J connectivity index is 1.46. The Labute approximate surface area is 131 Å². The molecule has 5 rings (SSSR count). The molecule has 22 heavy (non-hydrogen) atoms. The molecule has 0 radical (unpaired) electrons. The Kier molecular flexibility index (Phi) is 3.59. The Morgan fingerprint density at radius 3 is 2.41 bits per heavy atom. The van der Waals surface area contributed by atoms with Crippen molar-refractivity contribution in [3.05, 3.63) is 48.2 Å². The molecule has 114 valence electrons. The van der Waals surface area contributed by atoms with Crippen molar-refractivity contribution in [1.82, 2.24) is 9.88 Å². The average molecular weight is 294 g/mol. The number of fused-ring (bicyclic) bond motifs is 3. The van der Waals surface area contributed by atoms with Crippen molar-refractivity contribution in [2.24, 2.45) is 5.92 Å². The minimum absolute atomic E-state index is 0.250. The van der Waals surface area contributed by atoms with E-state index in [2.05, 4.69) is 47.1 Å². The van der Waals surface area contributed by atoms with Crippen molar-refractivity contribution in [3.63, 3.8) is 0 Å². The summed E-state index contributed by atoms with van der Waals surface area (Å²) in [4.78, 5) is 7.03. The Morgan fingerprint density at radius 1 is 1.05 bits per heavy atom. The molecule has 0 amide bonds. The predicted octanol–water partition coefficient (Wildman–Crippen LogP) is 3.88. The normalized spacial score (nSPS) is 26.9. The third-order valence-corrected chi connectivity index (χ3v) is 4.95. The Bertz CT molecular complexity index is 627. The van der Waals surface area contributed by atoms with Gasteiger partial charge in [-0.15, -0.1) is 0 Å². The first kappa shape index (κ1) is 13.8. The summed E-state index contributed by atoms with van der Waals surface area (Å²) in [5.41, 5.74) is 3.42. The molecule has 2 aromatic rings. The van der Waals surface area contributed by atoms with Crippen LogP contribution in [0.1, 0.15) is 24.8 Å². The smallest absolute Gasteiger partial charge is 0.153 e. The molecule has 3 aliphatic heterocycles. The summed E-state index contributed by atoms with van der Waals surface area (Å²) in [6.07, 6.45) is 5.95. The Hall–Kier alpha value is -1.87. The fourth-order valence-corrected chi connectivity index (χ4v) is 3.54. The van der Waals surface area contributed by atoms with Gasteiger partial charge in [-0.3, -0.25) is 9.88 Å². The van der Waals surface area contributed by atoms with Crippen molar-refractivity contribution in [2.75, 3.05) is 13.1 Å². The number of aryl methyl sites for hydroxylation is 1. The van der Waals surface area contributed by atoms with E-state index in [1.54, 1.807) is 0 Å². The molecule has 1 unspecified atom stereocenters. The third kappa shape index (κ3) is 2.73. The van der Waals surface area contributed by atoms with E-state index in [0.29, 0.717) is 0 Å². The first-order valence-electron chi connectivity index (χ1n) is 8.22. The molecule has 3 nitrogen and oxygen atoms in total. The number of ether oxygens (including phenoxy) is 1.